The summed E-state index contributed by atoms with van der Waals surface area (Å²) in [5, 5.41) is 3.58. The molecule has 1 aromatic carbocycles. The van der Waals surface area contributed by atoms with E-state index >= 15 is 0 Å². The summed E-state index contributed by atoms with van der Waals surface area (Å²) in [5.74, 6) is -0.0479. The fourth-order valence-corrected chi connectivity index (χ4v) is 3.02. The molecule has 1 unspecified atom stereocenters. The highest BCUT2D eigenvalue weighted by molar-refractivity contribution is 9.10. The average Bonchev–Trinajstić information content (AvgIpc) is 2.91. The van der Waals surface area contributed by atoms with Crippen LogP contribution in [-0.2, 0) is 6.42 Å². The van der Waals surface area contributed by atoms with Crippen molar-refractivity contribution < 1.29 is 4.39 Å². The number of benzene rings is 1. The minimum atomic E-state index is -0.0479. The molecule has 1 aromatic rings. The standard InChI is InChI=1S/C12H13BrFN/c13-9-4-5-10(14)8-3-6-11(12(8)9)15-7-1-2-7/h4-5,7,11,15H,1-3,6H2. The SMILES string of the molecule is Fc1ccc(Br)c2c1CCC2NC1CC1. The van der Waals surface area contributed by atoms with Gasteiger partial charge in [0.25, 0.3) is 0 Å². The Morgan fingerprint density at radius 1 is 1.27 bits per heavy atom. The molecule has 0 saturated heterocycles. The normalized spacial score (nSPS) is 24.3. The molecule has 1 fully saturated rings. The van der Waals surface area contributed by atoms with E-state index in [0.717, 1.165) is 28.4 Å². The van der Waals surface area contributed by atoms with Crippen molar-refractivity contribution in [3.8, 4) is 0 Å². The number of halogens is 2. The summed E-state index contributed by atoms with van der Waals surface area (Å²) in [5.41, 5.74) is 2.06. The van der Waals surface area contributed by atoms with Crippen LogP contribution in [0.4, 0.5) is 4.39 Å². The molecule has 2 aliphatic rings. The monoisotopic (exact) mass is 269 g/mol. The van der Waals surface area contributed by atoms with Gasteiger partial charge in [0.1, 0.15) is 5.82 Å². The third kappa shape index (κ3) is 1.72. The van der Waals surface area contributed by atoms with Crippen molar-refractivity contribution >= 4 is 15.9 Å². The zero-order valence-corrected chi connectivity index (χ0v) is 9.98. The van der Waals surface area contributed by atoms with Gasteiger partial charge in [0.15, 0.2) is 0 Å². The second kappa shape index (κ2) is 3.56. The van der Waals surface area contributed by atoms with Gasteiger partial charge in [0, 0.05) is 16.6 Å². The van der Waals surface area contributed by atoms with Crippen LogP contribution < -0.4 is 5.32 Å². The molecule has 0 amide bonds. The first-order valence-electron chi connectivity index (χ1n) is 5.48. The highest BCUT2D eigenvalue weighted by Gasteiger charge is 2.31. The molecule has 1 N–H and O–H groups in total. The molecular weight excluding hydrogens is 257 g/mol. The molecule has 0 aliphatic heterocycles. The fraction of sp³-hybridized carbons (Fsp3) is 0.500. The fourth-order valence-electron chi connectivity index (χ4n) is 2.37. The van der Waals surface area contributed by atoms with E-state index in [1.165, 1.54) is 12.8 Å². The van der Waals surface area contributed by atoms with Crippen molar-refractivity contribution in [1.29, 1.82) is 0 Å². The molecule has 3 rings (SSSR count). The van der Waals surface area contributed by atoms with E-state index in [1.807, 2.05) is 6.07 Å². The molecule has 1 nitrogen and oxygen atoms in total. The van der Waals surface area contributed by atoms with E-state index in [4.69, 9.17) is 0 Å². The first kappa shape index (κ1) is 9.79. The average molecular weight is 270 g/mol. The maximum atomic E-state index is 13.5. The molecule has 3 heteroatoms. The van der Waals surface area contributed by atoms with Crippen molar-refractivity contribution in [2.24, 2.45) is 0 Å². The predicted molar refractivity (Wildman–Crippen MR) is 61.3 cm³/mol. The lowest BCUT2D eigenvalue weighted by Crippen LogP contribution is -2.21. The van der Waals surface area contributed by atoms with Crippen LogP contribution in [0.5, 0.6) is 0 Å². The largest absolute Gasteiger partial charge is 0.307 e. The van der Waals surface area contributed by atoms with Crippen LogP contribution in [0.25, 0.3) is 0 Å². The van der Waals surface area contributed by atoms with Crippen molar-refractivity contribution in [2.75, 3.05) is 0 Å². The molecule has 0 bridgehead atoms. The third-order valence-corrected chi connectivity index (χ3v) is 3.98. The van der Waals surface area contributed by atoms with Gasteiger partial charge in [-0.1, -0.05) is 15.9 Å². The zero-order valence-electron chi connectivity index (χ0n) is 8.39. The molecule has 1 atom stereocenters. The minimum Gasteiger partial charge on any atom is -0.307 e. The number of rotatable bonds is 2. The lowest BCUT2D eigenvalue weighted by atomic mass is 10.1. The Balaban J connectivity index is 1.96. The highest BCUT2D eigenvalue weighted by Crippen LogP contribution is 2.39. The molecule has 0 spiro atoms. The molecule has 80 valence electrons. The third-order valence-electron chi connectivity index (χ3n) is 3.29. The summed E-state index contributed by atoms with van der Waals surface area (Å²) in [6, 6.07) is 4.41. The van der Waals surface area contributed by atoms with E-state index in [1.54, 1.807) is 6.07 Å². The van der Waals surface area contributed by atoms with Gasteiger partial charge in [0.2, 0.25) is 0 Å². The van der Waals surface area contributed by atoms with E-state index in [2.05, 4.69) is 21.2 Å². The maximum absolute atomic E-state index is 13.5. The van der Waals surface area contributed by atoms with Crippen LogP contribution in [0.15, 0.2) is 16.6 Å². The van der Waals surface area contributed by atoms with E-state index in [9.17, 15) is 4.39 Å². The van der Waals surface area contributed by atoms with Gasteiger partial charge in [-0.15, -0.1) is 0 Å². The summed E-state index contributed by atoms with van der Waals surface area (Å²) in [7, 11) is 0. The van der Waals surface area contributed by atoms with Crippen molar-refractivity contribution in [3.63, 3.8) is 0 Å². The van der Waals surface area contributed by atoms with Gasteiger partial charge in [-0.2, -0.15) is 0 Å². The molecule has 0 heterocycles. The lowest BCUT2D eigenvalue weighted by Gasteiger charge is -2.14. The van der Waals surface area contributed by atoms with E-state index in [0.29, 0.717) is 12.1 Å². The Morgan fingerprint density at radius 2 is 2.07 bits per heavy atom. The first-order chi connectivity index (χ1) is 7.25. The number of fused-ring (bicyclic) bond motifs is 1. The smallest absolute Gasteiger partial charge is 0.126 e. The molecule has 1 saturated carbocycles. The first-order valence-corrected chi connectivity index (χ1v) is 6.28. The van der Waals surface area contributed by atoms with Crippen LogP contribution >= 0.6 is 15.9 Å². The van der Waals surface area contributed by atoms with Crippen LogP contribution in [0.3, 0.4) is 0 Å². The predicted octanol–water partition coefficient (Wildman–Crippen LogP) is 3.33. The molecule has 15 heavy (non-hydrogen) atoms. The van der Waals surface area contributed by atoms with Crippen LogP contribution in [0.2, 0.25) is 0 Å². The van der Waals surface area contributed by atoms with Gasteiger partial charge in [-0.25, -0.2) is 4.39 Å². The summed E-state index contributed by atoms with van der Waals surface area (Å²) < 4.78 is 14.6. The van der Waals surface area contributed by atoms with Crippen LogP contribution in [-0.4, -0.2) is 6.04 Å². The lowest BCUT2D eigenvalue weighted by molar-refractivity contribution is 0.526. The minimum absolute atomic E-state index is 0.0479. The summed E-state index contributed by atoms with van der Waals surface area (Å²) in [4.78, 5) is 0. The highest BCUT2D eigenvalue weighted by atomic mass is 79.9. The van der Waals surface area contributed by atoms with Crippen molar-refractivity contribution in [2.45, 2.75) is 37.8 Å². The van der Waals surface area contributed by atoms with Crippen LogP contribution in [0, 0.1) is 5.82 Å². The Labute approximate surface area is 97.2 Å². The summed E-state index contributed by atoms with van der Waals surface area (Å²) in [6.45, 7) is 0. The summed E-state index contributed by atoms with van der Waals surface area (Å²) in [6.07, 6.45) is 4.45. The molecule has 0 radical (unpaired) electrons. The van der Waals surface area contributed by atoms with E-state index < -0.39 is 0 Å². The molecular formula is C12H13BrFN. The van der Waals surface area contributed by atoms with Crippen LogP contribution in [0.1, 0.15) is 36.4 Å². The maximum Gasteiger partial charge on any atom is 0.126 e. The number of nitrogens with one attached hydrogen (secondary N) is 1. The quantitative estimate of drug-likeness (QED) is 0.869. The Bertz CT molecular complexity index is 401. The zero-order chi connectivity index (χ0) is 10.4. The van der Waals surface area contributed by atoms with Gasteiger partial charge in [0.05, 0.1) is 0 Å². The Morgan fingerprint density at radius 3 is 2.80 bits per heavy atom. The number of hydrogen-bond donors (Lipinski definition) is 1. The Kier molecular flexibility index (Phi) is 2.33. The van der Waals surface area contributed by atoms with E-state index in [-0.39, 0.29) is 5.82 Å². The second-order valence-corrected chi connectivity index (χ2v) is 5.31. The van der Waals surface area contributed by atoms with Gasteiger partial charge >= 0.3 is 0 Å². The van der Waals surface area contributed by atoms with Gasteiger partial charge in [-0.05, 0) is 48.9 Å². The number of hydrogen-bond acceptors (Lipinski definition) is 1. The Hall–Kier alpha value is -0.410. The topological polar surface area (TPSA) is 12.0 Å². The second-order valence-electron chi connectivity index (χ2n) is 4.45. The van der Waals surface area contributed by atoms with Crippen molar-refractivity contribution in [3.05, 3.63) is 33.5 Å². The van der Waals surface area contributed by atoms with Gasteiger partial charge < -0.3 is 5.32 Å². The molecule has 2 aliphatic carbocycles. The van der Waals surface area contributed by atoms with Gasteiger partial charge in [-0.3, -0.25) is 0 Å². The summed E-state index contributed by atoms with van der Waals surface area (Å²) >= 11 is 3.53. The van der Waals surface area contributed by atoms with Crippen molar-refractivity contribution in [1.82, 2.24) is 5.32 Å². The molecule has 0 aromatic heterocycles.